The lowest BCUT2D eigenvalue weighted by Crippen LogP contribution is -2.36. The number of aliphatic hydroxyl groups is 2. The fraction of sp³-hybridized carbons (Fsp3) is 0.200. The molecule has 0 saturated carbocycles. The lowest BCUT2D eigenvalue weighted by Gasteiger charge is -2.40. The molecule has 6 rings (SSSR count). The molecule has 0 fully saturated rings. The Balaban J connectivity index is 1.56. The lowest BCUT2D eigenvalue weighted by atomic mass is 9.77. The third-order valence-electron chi connectivity index (χ3n) is 7.86. The van der Waals surface area contributed by atoms with Crippen molar-refractivity contribution >= 4 is 0 Å². The Kier molecular flexibility index (Phi) is 6.48. The highest BCUT2D eigenvalue weighted by atomic mass is 16.5. The average Bonchev–Trinajstić information content (AvgIpc) is 2.95. The van der Waals surface area contributed by atoms with Crippen LogP contribution in [-0.4, -0.2) is 73.5 Å². The summed E-state index contributed by atoms with van der Waals surface area (Å²) in [4.78, 5) is 0. The first-order valence-electron chi connectivity index (χ1n) is 13.1. The van der Waals surface area contributed by atoms with Crippen LogP contribution in [0, 0.1) is 0 Å². The minimum Gasteiger partial charge on any atom is -0.508 e. The van der Waals surface area contributed by atoms with Gasteiger partial charge in [-0.15, -0.1) is 0 Å². The van der Waals surface area contributed by atoms with E-state index in [-0.39, 0.29) is 45.7 Å². The van der Waals surface area contributed by atoms with Gasteiger partial charge in [-0.05, 0) is 24.3 Å². The minimum absolute atomic E-state index is 0.00153. The van der Waals surface area contributed by atoms with Gasteiger partial charge in [-0.25, -0.2) is 0 Å². The van der Waals surface area contributed by atoms with Gasteiger partial charge in [0.2, 0.25) is 0 Å². The minimum atomic E-state index is -1.75. The van der Waals surface area contributed by atoms with E-state index < -0.39 is 87.8 Å². The summed E-state index contributed by atoms with van der Waals surface area (Å²) in [5.41, 5.74) is -0.410. The van der Waals surface area contributed by atoms with Crippen molar-refractivity contribution in [2.45, 2.75) is 36.8 Å². The van der Waals surface area contributed by atoms with Crippen LogP contribution in [0.15, 0.2) is 42.5 Å². The first-order valence-corrected chi connectivity index (χ1v) is 13.1. The summed E-state index contributed by atoms with van der Waals surface area (Å²) < 4.78 is 12.0. The Morgan fingerprint density at radius 3 is 1.61 bits per heavy atom. The van der Waals surface area contributed by atoms with E-state index in [4.69, 9.17) is 9.47 Å². The Hall–Kier alpha value is -5.60. The summed E-state index contributed by atoms with van der Waals surface area (Å²) in [7, 11) is 0. The summed E-state index contributed by atoms with van der Waals surface area (Å²) in [6.45, 7) is 0. The standard InChI is InChI=1S/C30H26O14/c31-11-5-14(33)22-21(6-11)43-29(10-3-18(37)26(41)19(38)4-10)27(42)24(22)23-15(34)8-13(32)12-7-20(39)28(44-30(12)23)9-1-16(35)25(40)17(36)2-9/h1-6,8,20,24,27-29,31-42H,7H2/t20-,24+,27-,28-,29-/m1/s1. The molecule has 0 bridgehead atoms. The molecule has 0 aromatic heterocycles. The number of fused-ring (bicyclic) bond motifs is 2. The Labute approximate surface area is 247 Å². The van der Waals surface area contributed by atoms with Crippen molar-refractivity contribution in [3.05, 3.63) is 70.3 Å². The highest BCUT2D eigenvalue weighted by molar-refractivity contribution is 5.66. The maximum atomic E-state index is 11.8. The number of hydrogen-bond acceptors (Lipinski definition) is 14. The zero-order chi connectivity index (χ0) is 31.8. The van der Waals surface area contributed by atoms with Gasteiger partial charge in [-0.3, -0.25) is 0 Å². The third kappa shape index (κ3) is 4.35. The molecule has 2 heterocycles. The van der Waals surface area contributed by atoms with Gasteiger partial charge >= 0.3 is 0 Å². The second kappa shape index (κ2) is 10.00. The van der Waals surface area contributed by atoms with E-state index in [1.807, 2.05) is 0 Å². The monoisotopic (exact) mass is 610 g/mol. The van der Waals surface area contributed by atoms with E-state index in [1.165, 1.54) is 0 Å². The normalized spacial score (nSPS) is 22.4. The molecule has 230 valence electrons. The summed E-state index contributed by atoms with van der Waals surface area (Å²) in [6, 6.07) is 7.08. The van der Waals surface area contributed by atoms with Crippen molar-refractivity contribution < 1.29 is 70.8 Å². The van der Waals surface area contributed by atoms with Gasteiger partial charge in [-0.1, -0.05) is 0 Å². The number of hydrogen-bond donors (Lipinski definition) is 12. The van der Waals surface area contributed by atoms with Crippen LogP contribution >= 0.6 is 0 Å². The lowest BCUT2D eigenvalue weighted by molar-refractivity contribution is 0.00106. The number of phenols is 10. The number of phenolic OH excluding ortho intramolecular Hbond substituents is 10. The Bertz CT molecular complexity index is 1770. The zero-order valence-electron chi connectivity index (χ0n) is 22.3. The van der Waals surface area contributed by atoms with Gasteiger partial charge in [0.25, 0.3) is 0 Å². The van der Waals surface area contributed by atoms with Crippen LogP contribution in [0.4, 0.5) is 0 Å². The molecule has 4 aromatic rings. The average molecular weight is 611 g/mol. The first kappa shape index (κ1) is 28.5. The number of aromatic hydroxyl groups is 10. The smallest absolute Gasteiger partial charge is 0.200 e. The van der Waals surface area contributed by atoms with Crippen molar-refractivity contribution in [3.8, 4) is 69.0 Å². The largest absolute Gasteiger partial charge is 0.508 e. The molecule has 12 N–H and O–H groups in total. The summed E-state index contributed by atoms with van der Waals surface area (Å²) in [6.07, 6.45) is -6.26. The fourth-order valence-electron chi connectivity index (χ4n) is 5.85. The van der Waals surface area contributed by atoms with Crippen LogP contribution in [0.2, 0.25) is 0 Å². The van der Waals surface area contributed by atoms with E-state index in [0.717, 1.165) is 42.5 Å². The van der Waals surface area contributed by atoms with Crippen LogP contribution in [0.1, 0.15) is 45.9 Å². The molecule has 14 nitrogen and oxygen atoms in total. The molecule has 44 heavy (non-hydrogen) atoms. The van der Waals surface area contributed by atoms with Crippen molar-refractivity contribution in [1.82, 2.24) is 0 Å². The van der Waals surface area contributed by atoms with Crippen LogP contribution in [0.5, 0.6) is 69.0 Å². The van der Waals surface area contributed by atoms with Gasteiger partial charge in [0, 0.05) is 52.4 Å². The molecule has 2 aliphatic rings. The Morgan fingerprint density at radius 2 is 1.05 bits per heavy atom. The van der Waals surface area contributed by atoms with Gasteiger partial charge in [0.1, 0.15) is 40.6 Å². The maximum Gasteiger partial charge on any atom is 0.200 e. The molecule has 0 unspecified atom stereocenters. The van der Waals surface area contributed by atoms with Gasteiger partial charge in [0.15, 0.2) is 46.7 Å². The molecular weight excluding hydrogens is 584 g/mol. The van der Waals surface area contributed by atoms with Crippen molar-refractivity contribution in [2.24, 2.45) is 0 Å². The highest BCUT2D eigenvalue weighted by Gasteiger charge is 2.46. The van der Waals surface area contributed by atoms with Crippen molar-refractivity contribution in [3.63, 3.8) is 0 Å². The van der Waals surface area contributed by atoms with Gasteiger partial charge in [0.05, 0.1) is 12.0 Å². The number of aliphatic hydroxyl groups excluding tert-OH is 2. The quantitative estimate of drug-likeness (QED) is 0.149. The van der Waals surface area contributed by atoms with Crippen LogP contribution in [-0.2, 0) is 6.42 Å². The Morgan fingerprint density at radius 1 is 0.523 bits per heavy atom. The second-order valence-electron chi connectivity index (χ2n) is 10.6. The molecule has 0 aliphatic carbocycles. The molecule has 0 saturated heterocycles. The molecular formula is C30H26O14. The SMILES string of the molecule is Oc1cc(O)c2c(c1)O[C@H](c1cc(O)c(O)c(O)c1)[C@H](O)[C@@H]2c1c(O)cc(O)c2c1O[C@H](c1cc(O)c(O)c(O)c1)[C@H](O)C2. The number of benzene rings is 4. The predicted molar refractivity (Wildman–Crippen MR) is 147 cm³/mol. The molecule has 14 heteroatoms. The second-order valence-corrected chi connectivity index (χ2v) is 10.6. The van der Waals surface area contributed by atoms with Gasteiger partial charge < -0.3 is 70.8 Å². The van der Waals surface area contributed by atoms with Crippen LogP contribution < -0.4 is 9.47 Å². The van der Waals surface area contributed by atoms with Gasteiger partial charge in [-0.2, -0.15) is 0 Å². The molecule has 0 radical (unpaired) electrons. The van der Waals surface area contributed by atoms with Crippen LogP contribution in [0.3, 0.4) is 0 Å². The van der Waals surface area contributed by atoms with E-state index in [2.05, 4.69) is 0 Å². The fourth-order valence-corrected chi connectivity index (χ4v) is 5.85. The molecule has 0 spiro atoms. The molecule has 4 aromatic carbocycles. The summed E-state index contributed by atoms with van der Waals surface area (Å²) in [5.74, 6) is -8.60. The molecule has 2 aliphatic heterocycles. The molecule has 0 amide bonds. The third-order valence-corrected chi connectivity index (χ3v) is 7.86. The molecule has 5 atom stereocenters. The first-order chi connectivity index (χ1) is 20.8. The zero-order valence-corrected chi connectivity index (χ0v) is 22.3. The maximum absolute atomic E-state index is 11.8. The van der Waals surface area contributed by atoms with Crippen LogP contribution in [0.25, 0.3) is 0 Å². The number of ether oxygens (including phenoxy) is 2. The van der Waals surface area contributed by atoms with E-state index in [9.17, 15) is 61.3 Å². The summed E-state index contributed by atoms with van der Waals surface area (Å²) >= 11 is 0. The van der Waals surface area contributed by atoms with E-state index in [0.29, 0.717) is 0 Å². The summed E-state index contributed by atoms with van der Waals surface area (Å²) in [5, 5.41) is 126. The highest BCUT2D eigenvalue weighted by Crippen LogP contribution is 2.57. The van der Waals surface area contributed by atoms with Crippen molar-refractivity contribution in [2.75, 3.05) is 0 Å². The van der Waals surface area contributed by atoms with Crippen molar-refractivity contribution in [1.29, 1.82) is 0 Å². The van der Waals surface area contributed by atoms with E-state index in [1.54, 1.807) is 0 Å². The topological polar surface area (TPSA) is 261 Å². The van der Waals surface area contributed by atoms with E-state index >= 15 is 0 Å². The number of rotatable bonds is 3. The predicted octanol–water partition coefficient (Wildman–Crippen LogP) is 2.41.